The number of nitrogens with zero attached hydrogens (tertiary/aromatic N) is 1. The van der Waals surface area contributed by atoms with Gasteiger partial charge in [0.1, 0.15) is 11.4 Å². The summed E-state index contributed by atoms with van der Waals surface area (Å²) in [6.07, 6.45) is 1.74. The molecule has 1 fully saturated rings. The number of rotatable bonds is 8. The molecule has 1 N–H and O–H groups in total. The average Bonchev–Trinajstić information content (AvgIpc) is 3.52. The summed E-state index contributed by atoms with van der Waals surface area (Å²) in [7, 11) is 1.55. The molecule has 0 spiro atoms. The third-order valence-corrected chi connectivity index (χ3v) is 5.45. The Morgan fingerprint density at radius 1 is 1.23 bits per heavy atom. The fraction of sp³-hybridized carbons (Fsp3) is 0.435. The molecule has 1 aliphatic rings. The Morgan fingerprint density at radius 3 is 2.53 bits per heavy atom. The number of carbonyl (C=O) groups excluding carboxylic acids is 3. The molecule has 1 aromatic carbocycles. The Labute approximate surface area is 176 Å². The van der Waals surface area contributed by atoms with Crippen LogP contribution in [0.2, 0.25) is 0 Å². The summed E-state index contributed by atoms with van der Waals surface area (Å²) in [6, 6.07) is 6.31. The van der Waals surface area contributed by atoms with Gasteiger partial charge >= 0.3 is 5.97 Å². The monoisotopic (exact) mass is 412 g/mol. The number of aryl methyl sites for hydroxylation is 1. The van der Waals surface area contributed by atoms with Crippen molar-refractivity contribution in [1.29, 1.82) is 0 Å². The summed E-state index contributed by atoms with van der Waals surface area (Å²) in [4.78, 5) is 43.5. The van der Waals surface area contributed by atoms with Gasteiger partial charge in [-0.25, -0.2) is 4.79 Å². The second kappa shape index (κ2) is 8.73. The molecule has 0 radical (unpaired) electrons. The maximum Gasteiger partial charge on any atom is 0.355 e. The van der Waals surface area contributed by atoms with Crippen molar-refractivity contribution >= 4 is 17.7 Å². The second-order valence-electron chi connectivity index (χ2n) is 7.56. The van der Waals surface area contributed by atoms with Gasteiger partial charge in [0, 0.05) is 22.9 Å². The van der Waals surface area contributed by atoms with Gasteiger partial charge in [0.2, 0.25) is 0 Å². The van der Waals surface area contributed by atoms with E-state index in [2.05, 4.69) is 4.98 Å². The van der Waals surface area contributed by atoms with Crippen LogP contribution in [0.5, 0.6) is 5.75 Å². The Kier molecular flexibility index (Phi) is 6.29. The van der Waals surface area contributed by atoms with Crippen LogP contribution in [0.15, 0.2) is 24.3 Å². The van der Waals surface area contributed by atoms with Crippen molar-refractivity contribution in [3.8, 4) is 5.75 Å². The fourth-order valence-electron chi connectivity index (χ4n) is 3.78. The smallest absolute Gasteiger partial charge is 0.355 e. The lowest BCUT2D eigenvalue weighted by Crippen LogP contribution is -2.45. The minimum absolute atomic E-state index is 0.0340. The highest BCUT2D eigenvalue weighted by Crippen LogP contribution is 2.32. The summed E-state index contributed by atoms with van der Waals surface area (Å²) >= 11 is 0. The first kappa shape index (κ1) is 21.6. The fourth-order valence-corrected chi connectivity index (χ4v) is 3.78. The van der Waals surface area contributed by atoms with E-state index >= 15 is 0 Å². The number of ether oxygens (including phenoxy) is 2. The van der Waals surface area contributed by atoms with Crippen molar-refractivity contribution in [1.82, 2.24) is 9.88 Å². The Morgan fingerprint density at radius 2 is 1.93 bits per heavy atom. The molecule has 1 aromatic heterocycles. The number of benzene rings is 1. The van der Waals surface area contributed by atoms with E-state index in [0.29, 0.717) is 28.1 Å². The molecule has 7 heteroatoms. The van der Waals surface area contributed by atoms with E-state index in [9.17, 15) is 14.4 Å². The number of aromatic amines is 1. The number of aromatic nitrogens is 1. The van der Waals surface area contributed by atoms with E-state index < -0.39 is 12.0 Å². The summed E-state index contributed by atoms with van der Waals surface area (Å²) in [5.74, 6) is -0.294. The van der Waals surface area contributed by atoms with Crippen LogP contribution in [-0.2, 0) is 4.74 Å². The van der Waals surface area contributed by atoms with Crippen molar-refractivity contribution < 1.29 is 23.9 Å². The molecule has 160 valence electrons. The predicted octanol–water partition coefficient (Wildman–Crippen LogP) is 3.69. The first-order valence-electron chi connectivity index (χ1n) is 10.2. The van der Waals surface area contributed by atoms with Gasteiger partial charge in [-0.15, -0.1) is 0 Å². The first-order valence-corrected chi connectivity index (χ1v) is 10.2. The van der Waals surface area contributed by atoms with Gasteiger partial charge in [0.15, 0.2) is 5.78 Å². The van der Waals surface area contributed by atoms with Gasteiger partial charge in [0.05, 0.1) is 19.8 Å². The minimum Gasteiger partial charge on any atom is -0.497 e. The molecule has 0 unspecified atom stereocenters. The van der Waals surface area contributed by atoms with Crippen molar-refractivity contribution in [3.63, 3.8) is 0 Å². The lowest BCUT2D eigenvalue weighted by molar-refractivity contribution is 0.0518. The van der Waals surface area contributed by atoms with Crippen molar-refractivity contribution in [2.75, 3.05) is 13.7 Å². The predicted molar refractivity (Wildman–Crippen MR) is 112 cm³/mol. The number of carbonyl (C=O) groups is 3. The van der Waals surface area contributed by atoms with Gasteiger partial charge in [-0.1, -0.05) is 6.07 Å². The van der Waals surface area contributed by atoms with Crippen LogP contribution < -0.4 is 4.74 Å². The molecular weight excluding hydrogens is 384 g/mol. The SMILES string of the molecule is CCOC(=O)c1[nH]c(C)c(C(=O)[C@@H](C)N(C(=O)c2cccc(OC)c2)C2CC2)c1C. The average molecular weight is 412 g/mol. The van der Waals surface area contributed by atoms with Crippen LogP contribution in [0.25, 0.3) is 0 Å². The largest absolute Gasteiger partial charge is 0.497 e. The summed E-state index contributed by atoms with van der Waals surface area (Å²) in [6.45, 7) is 7.20. The number of ketones is 1. The van der Waals surface area contributed by atoms with Crippen LogP contribution in [-0.4, -0.2) is 53.3 Å². The summed E-state index contributed by atoms with van der Waals surface area (Å²) in [5, 5.41) is 0. The third kappa shape index (κ3) is 4.10. The minimum atomic E-state index is -0.667. The topological polar surface area (TPSA) is 88.7 Å². The van der Waals surface area contributed by atoms with Gasteiger partial charge < -0.3 is 19.4 Å². The molecule has 1 atom stereocenters. The highest BCUT2D eigenvalue weighted by molar-refractivity contribution is 6.07. The highest BCUT2D eigenvalue weighted by atomic mass is 16.5. The van der Waals surface area contributed by atoms with Crippen LogP contribution in [0.3, 0.4) is 0 Å². The lowest BCUT2D eigenvalue weighted by atomic mass is 9.99. The van der Waals surface area contributed by atoms with Crippen LogP contribution in [0.4, 0.5) is 0 Å². The van der Waals surface area contributed by atoms with Crippen LogP contribution in [0, 0.1) is 13.8 Å². The molecule has 2 aromatic rings. The number of hydrogen-bond acceptors (Lipinski definition) is 5. The van der Waals surface area contributed by atoms with Gasteiger partial charge in [0.25, 0.3) is 5.91 Å². The van der Waals surface area contributed by atoms with E-state index in [4.69, 9.17) is 9.47 Å². The molecule has 1 heterocycles. The van der Waals surface area contributed by atoms with Gasteiger partial charge in [-0.3, -0.25) is 9.59 Å². The van der Waals surface area contributed by atoms with E-state index in [1.54, 1.807) is 64.0 Å². The summed E-state index contributed by atoms with van der Waals surface area (Å²) < 4.78 is 10.3. The zero-order valence-electron chi connectivity index (χ0n) is 18.1. The Bertz CT molecular complexity index is 974. The third-order valence-electron chi connectivity index (χ3n) is 5.45. The zero-order chi connectivity index (χ0) is 22.0. The molecule has 0 aliphatic heterocycles. The van der Waals surface area contributed by atoms with Crippen molar-refractivity contribution in [2.24, 2.45) is 0 Å². The molecule has 1 saturated carbocycles. The van der Waals surface area contributed by atoms with E-state index in [0.717, 1.165) is 12.8 Å². The van der Waals surface area contributed by atoms with E-state index in [1.165, 1.54) is 0 Å². The van der Waals surface area contributed by atoms with Gasteiger partial charge in [-0.2, -0.15) is 0 Å². The van der Waals surface area contributed by atoms with Crippen molar-refractivity contribution in [2.45, 2.75) is 52.6 Å². The molecule has 3 rings (SSSR count). The molecule has 1 aliphatic carbocycles. The van der Waals surface area contributed by atoms with Gasteiger partial charge in [-0.05, 0) is 64.3 Å². The number of methoxy groups -OCH3 is 1. The Hall–Kier alpha value is -3.09. The molecule has 0 saturated heterocycles. The zero-order valence-corrected chi connectivity index (χ0v) is 18.1. The first-order chi connectivity index (χ1) is 14.3. The molecule has 1 amide bonds. The lowest BCUT2D eigenvalue weighted by Gasteiger charge is -2.29. The molecule has 0 bridgehead atoms. The molecule has 7 nitrogen and oxygen atoms in total. The van der Waals surface area contributed by atoms with Crippen LogP contribution in [0.1, 0.15) is 69.2 Å². The molecule has 30 heavy (non-hydrogen) atoms. The normalized spacial score (nSPS) is 14.2. The second-order valence-corrected chi connectivity index (χ2v) is 7.56. The summed E-state index contributed by atoms with van der Waals surface area (Å²) in [5.41, 5.74) is 2.34. The number of esters is 1. The maximum atomic E-state index is 13.4. The quantitative estimate of drug-likeness (QED) is 0.528. The number of Topliss-reactive ketones (excluding diaryl/α,β-unsaturated/α-hetero) is 1. The van der Waals surface area contributed by atoms with Crippen molar-refractivity contribution in [3.05, 3.63) is 52.3 Å². The number of nitrogens with one attached hydrogen (secondary N) is 1. The maximum absolute atomic E-state index is 13.4. The number of amides is 1. The van der Waals surface area contributed by atoms with E-state index in [1.807, 2.05) is 0 Å². The molecular formula is C23H28N2O5. The highest BCUT2D eigenvalue weighted by Gasteiger charge is 2.40. The number of hydrogen-bond donors (Lipinski definition) is 1. The standard InChI is InChI=1S/C23H28N2O5/c1-6-30-23(28)20-13(2)19(14(3)24-20)21(26)15(4)25(17-10-11-17)22(27)16-8-7-9-18(12-16)29-5/h7-9,12,15,17,24H,6,10-11H2,1-5H3/t15-/m1/s1. The van der Waals surface area contributed by atoms with E-state index in [-0.39, 0.29) is 30.0 Å². The number of H-pyrrole nitrogens is 1. The Balaban J connectivity index is 1.91. The van der Waals surface area contributed by atoms with Crippen LogP contribution >= 0.6 is 0 Å².